The molecule has 15 heavy (non-hydrogen) atoms. The fourth-order valence-corrected chi connectivity index (χ4v) is 1.76. The van der Waals surface area contributed by atoms with Crippen LogP contribution >= 0.6 is 0 Å². The minimum atomic E-state index is 0.618. The minimum absolute atomic E-state index is 0.618. The Morgan fingerprint density at radius 1 is 1.27 bits per heavy atom. The van der Waals surface area contributed by atoms with Crippen molar-refractivity contribution in [3.05, 3.63) is 23.3 Å². The van der Waals surface area contributed by atoms with Crippen LogP contribution in [-0.2, 0) is 13.1 Å². The van der Waals surface area contributed by atoms with Crippen LogP contribution in [0.4, 0.5) is 0 Å². The molecular weight excluding hydrogens is 192 g/mol. The van der Waals surface area contributed by atoms with Crippen molar-refractivity contribution >= 4 is 0 Å². The lowest BCUT2D eigenvalue weighted by Crippen LogP contribution is -2.00. The van der Waals surface area contributed by atoms with Crippen LogP contribution in [0.3, 0.4) is 0 Å². The molecule has 2 aromatic rings. The van der Waals surface area contributed by atoms with Crippen LogP contribution in [0.15, 0.2) is 6.33 Å². The molecule has 0 atom stereocenters. The second kappa shape index (κ2) is 3.09. The highest BCUT2D eigenvalue weighted by Crippen LogP contribution is 2.19. The van der Waals surface area contributed by atoms with Crippen LogP contribution in [0.25, 0.3) is 11.6 Å². The van der Waals surface area contributed by atoms with Crippen LogP contribution in [0.1, 0.15) is 17.0 Å². The molecule has 0 spiro atoms. The average Bonchev–Trinajstić information content (AvgIpc) is 2.88. The first-order valence-corrected chi connectivity index (χ1v) is 4.77. The average molecular weight is 202 g/mol. The largest absolute Gasteiger partial charge is 0.307 e. The number of rotatable bonds is 1. The predicted octanol–water partition coefficient (Wildman–Crippen LogP) is 0.173. The van der Waals surface area contributed by atoms with E-state index in [-0.39, 0.29) is 0 Å². The Labute approximate surface area is 86.2 Å². The maximum atomic E-state index is 4.45. The van der Waals surface area contributed by atoms with Gasteiger partial charge in [0.15, 0.2) is 11.6 Å². The smallest absolute Gasteiger partial charge is 0.197 e. The van der Waals surface area contributed by atoms with Crippen molar-refractivity contribution in [1.29, 1.82) is 0 Å². The Balaban J connectivity index is 2.15. The van der Waals surface area contributed by atoms with E-state index in [0.717, 1.165) is 24.5 Å². The summed E-state index contributed by atoms with van der Waals surface area (Å²) in [5.74, 6) is 1.24. The first-order chi connectivity index (χ1) is 7.34. The lowest BCUT2D eigenvalue weighted by atomic mass is 10.2. The fraction of sp³-hybridized carbons (Fsp3) is 0.333. The zero-order chi connectivity index (χ0) is 10.3. The van der Waals surface area contributed by atoms with E-state index in [4.69, 9.17) is 0 Å². The number of hydrogen-bond donors (Lipinski definition) is 2. The monoisotopic (exact) mass is 202 g/mol. The van der Waals surface area contributed by atoms with Gasteiger partial charge in [0, 0.05) is 24.3 Å². The maximum Gasteiger partial charge on any atom is 0.197 e. The number of nitrogens with zero attached hydrogens (tertiary/aromatic N) is 4. The standard InChI is InChI=1S/C9H10N6/c1-5-6-2-10-3-7(6)14-9(13-5)8-11-4-12-15-8/h4,10H,2-3H2,1H3,(H,11,12,15). The molecule has 2 aromatic heterocycles. The third-order valence-corrected chi connectivity index (χ3v) is 2.52. The molecule has 1 aliphatic heterocycles. The van der Waals surface area contributed by atoms with Crippen molar-refractivity contribution in [3.8, 4) is 11.6 Å². The van der Waals surface area contributed by atoms with E-state index in [9.17, 15) is 0 Å². The number of aromatic amines is 1. The molecule has 0 saturated carbocycles. The molecule has 1 aliphatic rings. The van der Waals surface area contributed by atoms with E-state index in [0.29, 0.717) is 11.6 Å². The van der Waals surface area contributed by atoms with Crippen LogP contribution < -0.4 is 5.32 Å². The van der Waals surface area contributed by atoms with Crippen LogP contribution in [0.5, 0.6) is 0 Å². The van der Waals surface area contributed by atoms with Gasteiger partial charge in [-0.3, -0.25) is 5.10 Å². The molecule has 76 valence electrons. The Morgan fingerprint density at radius 2 is 2.20 bits per heavy atom. The Kier molecular flexibility index (Phi) is 1.75. The number of H-pyrrole nitrogens is 1. The molecule has 6 nitrogen and oxygen atoms in total. The van der Waals surface area contributed by atoms with E-state index < -0.39 is 0 Å². The lowest BCUT2D eigenvalue weighted by Gasteiger charge is -2.03. The van der Waals surface area contributed by atoms with Crippen molar-refractivity contribution < 1.29 is 0 Å². The summed E-state index contributed by atoms with van der Waals surface area (Å²) < 4.78 is 0. The summed E-state index contributed by atoms with van der Waals surface area (Å²) in [7, 11) is 0. The van der Waals surface area contributed by atoms with E-state index in [1.54, 1.807) is 0 Å². The number of nitrogens with one attached hydrogen (secondary N) is 2. The predicted molar refractivity (Wildman–Crippen MR) is 52.7 cm³/mol. The second-order valence-corrected chi connectivity index (χ2v) is 3.50. The van der Waals surface area contributed by atoms with Crippen LogP contribution in [-0.4, -0.2) is 25.1 Å². The number of aryl methyl sites for hydroxylation is 1. The van der Waals surface area contributed by atoms with Gasteiger partial charge < -0.3 is 5.32 Å². The van der Waals surface area contributed by atoms with E-state index >= 15 is 0 Å². The van der Waals surface area contributed by atoms with Crippen LogP contribution in [0, 0.1) is 6.92 Å². The topological polar surface area (TPSA) is 79.4 Å². The molecule has 0 aliphatic carbocycles. The van der Waals surface area contributed by atoms with Crippen molar-refractivity contribution in [2.75, 3.05) is 0 Å². The summed E-state index contributed by atoms with van der Waals surface area (Å²) in [6, 6.07) is 0. The molecule has 0 bridgehead atoms. The highest BCUT2D eigenvalue weighted by molar-refractivity contribution is 5.45. The fourth-order valence-electron chi connectivity index (χ4n) is 1.76. The Bertz CT molecular complexity index is 490. The molecule has 0 aromatic carbocycles. The summed E-state index contributed by atoms with van der Waals surface area (Å²) in [4.78, 5) is 12.9. The first kappa shape index (κ1) is 8.49. The molecule has 3 rings (SSSR count). The van der Waals surface area contributed by atoms with Gasteiger partial charge in [-0.2, -0.15) is 5.10 Å². The van der Waals surface area contributed by atoms with Gasteiger partial charge in [-0.1, -0.05) is 0 Å². The van der Waals surface area contributed by atoms with E-state index in [2.05, 4.69) is 30.5 Å². The zero-order valence-corrected chi connectivity index (χ0v) is 8.28. The molecule has 0 fully saturated rings. The van der Waals surface area contributed by atoms with E-state index in [1.807, 2.05) is 6.92 Å². The third kappa shape index (κ3) is 1.30. The van der Waals surface area contributed by atoms with Crippen molar-refractivity contribution in [3.63, 3.8) is 0 Å². The molecule has 3 heterocycles. The third-order valence-electron chi connectivity index (χ3n) is 2.52. The van der Waals surface area contributed by atoms with E-state index in [1.165, 1.54) is 11.9 Å². The van der Waals surface area contributed by atoms with Crippen molar-refractivity contribution in [2.45, 2.75) is 20.0 Å². The van der Waals surface area contributed by atoms with Crippen molar-refractivity contribution in [1.82, 2.24) is 30.5 Å². The minimum Gasteiger partial charge on any atom is -0.307 e. The first-order valence-electron chi connectivity index (χ1n) is 4.77. The molecule has 2 N–H and O–H groups in total. The van der Waals surface area contributed by atoms with Gasteiger partial charge in [-0.15, -0.1) is 0 Å². The van der Waals surface area contributed by atoms with Crippen LogP contribution in [0.2, 0.25) is 0 Å². The number of hydrogen-bond acceptors (Lipinski definition) is 5. The molecule has 0 amide bonds. The lowest BCUT2D eigenvalue weighted by molar-refractivity contribution is 0.756. The summed E-state index contributed by atoms with van der Waals surface area (Å²) in [6.07, 6.45) is 1.46. The quantitative estimate of drug-likeness (QED) is 0.689. The van der Waals surface area contributed by atoms with Gasteiger partial charge in [0.25, 0.3) is 0 Å². The molecule has 0 saturated heterocycles. The number of aromatic nitrogens is 5. The number of fused-ring (bicyclic) bond motifs is 1. The normalized spacial score (nSPS) is 14.2. The van der Waals surface area contributed by atoms with Gasteiger partial charge in [0.1, 0.15) is 6.33 Å². The molecule has 0 radical (unpaired) electrons. The maximum absolute atomic E-state index is 4.45. The van der Waals surface area contributed by atoms with Crippen molar-refractivity contribution in [2.24, 2.45) is 0 Å². The van der Waals surface area contributed by atoms with Gasteiger partial charge >= 0.3 is 0 Å². The molecular formula is C9H10N6. The summed E-state index contributed by atoms with van der Waals surface area (Å²) in [6.45, 7) is 3.66. The molecule has 0 unspecified atom stereocenters. The summed E-state index contributed by atoms with van der Waals surface area (Å²) in [5.41, 5.74) is 3.28. The van der Waals surface area contributed by atoms with Gasteiger partial charge in [-0.05, 0) is 6.92 Å². The second-order valence-electron chi connectivity index (χ2n) is 3.50. The van der Waals surface area contributed by atoms with Gasteiger partial charge in [0.05, 0.1) is 5.69 Å². The zero-order valence-electron chi connectivity index (χ0n) is 8.28. The Hall–Kier alpha value is -1.82. The summed E-state index contributed by atoms with van der Waals surface area (Å²) in [5, 5.41) is 9.81. The Morgan fingerprint density at radius 3 is 3.00 bits per heavy atom. The highest BCUT2D eigenvalue weighted by atomic mass is 15.2. The SMILES string of the molecule is Cc1nc(-c2ncn[nH]2)nc2c1CNC2. The van der Waals surface area contributed by atoms with Gasteiger partial charge in [-0.25, -0.2) is 15.0 Å². The highest BCUT2D eigenvalue weighted by Gasteiger charge is 2.17. The summed E-state index contributed by atoms with van der Waals surface area (Å²) >= 11 is 0. The van der Waals surface area contributed by atoms with Gasteiger partial charge in [0.2, 0.25) is 0 Å². The molecule has 6 heteroatoms.